The van der Waals surface area contributed by atoms with E-state index in [9.17, 15) is 30.6 Å². The second kappa shape index (κ2) is 13.8. The summed E-state index contributed by atoms with van der Waals surface area (Å²) in [5.74, 6) is 0. The average molecular weight is 582 g/mol. The van der Waals surface area contributed by atoms with Crippen molar-refractivity contribution in [2.24, 2.45) is 28.7 Å². The van der Waals surface area contributed by atoms with E-state index < -0.39 is 109 Å². The average Bonchev–Trinajstić information content (AvgIpc) is 2.83. The molecule has 19 nitrogen and oxygen atoms in total. The van der Waals surface area contributed by atoms with Crippen LogP contribution in [0.25, 0.3) is 0 Å². The van der Waals surface area contributed by atoms with Crippen molar-refractivity contribution in [3.8, 4) is 0 Å². The maximum atomic E-state index is 11.0. The molecule has 0 aromatic carbocycles. The number of rotatable bonds is 6. The van der Waals surface area contributed by atoms with E-state index in [0.29, 0.717) is 0 Å². The number of hydrogen-bond donors (Lipinski definition) is 13. The molecule has 1 aliphatic carbocycles. The van der Waals surface area contributed by atoms with Gasteiger partial charge in [-0.1, -0.05) is 0 Å². The summed E-state index contributed by atoms with van der Waals surface area (Å²) >= 11 is 0. The molecule has 15 atom stereocenters. The summed E-state index contributed by atoms with van der Waals surface area (Å²) in [7, 11) is -4.67. The Morgan fingerprint density at radius 1 is 0.711 bits per heavy atom. The summed E-state index contributed by atoms with van der Waals surface area (Å²) in [6, 6.07) is -3.92. The van der Waals surface area contributed by atoms with Crippen molar-refractivity contribution in [2.45, 2.75) is 98.1 Å². The molecule has 3 fully saturated rings. The van der Waals surface area contributed by atoms with Crippen LogP contribution in [0.1, 0.15) is 6.42 Å². The normalized spacial score (nSPS) is 48.2. The first-order valence-electron chi connectivity index (χ1n) is 11.6. The summed E-state index contributed by atoms with van der Waals surface area (Å²) in [6.07, 6.45) is -13.9. The fourth-order valence-corrected chi connectivity index (χ4v) is 4.45. The molecule has 226 valence electrons. The van der Waals surface area contributed by atoms with Crippen LogP contribution in [0.5, 0.6) is 0 Å². The van der Waals surface area contributed by atoms with Gasteiger partial charge in [0, 0.05) is 18.6 Å². The van der Waals surface area contributed by atoms with E-state index in [4.69, 9.17) is 65.1 Å². The number of ether oxygens (including phenoxy) is 4. The third-order valence-corrected chi connectivity index (χ3v) is 6.56. The lowest BCUT2D eigenvalue weighted by Crippen LogP contribution is -2.69. The maximum Gasteiger partial charge on any atom is 0.394 e. The molecular weight excluding hydrogens is 542 g/mol. The van der Waals surface area contributed by atoms with E-state index in [2.05, 4.69) is 0 Å². The molecule has 0 aromatic rings. The molecule has 0 bridgehead atoms. The van der Waals surface area contributed by atoms with Gasteiger partial charge in [-0.3, -0.25) is 9.11 Å². The van der Waals surface area contributed by atoms with E-state index in [0.717, 1.165) is 0 Å². The molecule has 1 saturated carbocycles. The van der Waals surface area contributed by atoms with Gasteiger partial charge in [0.05, 0.1) is 18.7 Å². The summed E-state index contributed by atoms with van der Waals surface area (Å²) in [6.45, 7) is -0.694. The van der Waals surface area contributed by atoms with Gasteiger partial charge in [0.2, 0.25) is 0 Å². The lowest BCUT2D eigenvalue weighted by atomic mass is 9.84. The summed E-state index contributed by atoms with van der Waals surface area (Å²) < 4.78 is 54.1. The van der Waals surface area contributed by atoms with Crippen LogP contribution in [0.15, 0.2) is 0 Å². The molecule has 20 heteroatoms. The predicted molar refractivity (Wildman–Crippen MR) is 124 cm³/mol. The van der Waals surface area contributed by atoms with Crippen molar-refractivity contribution >= 4 is 10.4 Å². The minimum atomic E-state index is -4.67. The quantitative estimate of drug-likeness (QED) is 0.129. The first-order valence-corrected chi connectivity index (χ1v) is 13.0. The lowest BCUT2D eigenvalue weighted by molar-refractivity contribution is -0.318. The van der Waals surface area contributed by atoms with Crippen LogP contribution in [0, 0.1) is 0 Å². The molecule has 2 heterocycles. The minimum Gasteiger partial charge on any atom is -0.394 e. The van der Waals surface area contributed by atoms with Gasteiger partial charge in [0.15, 0.2) is 12.6 Å². The zero-order valence-corrected chi connectivity index (χ0v) is 20.9. The highest BCUT2D eigenvalue weighted by Gasteiger charge is 2.51. The molecule has 0 amide bonds. The zero-order valence-electron chi connectivity index (χ0n) is 20.1. The van der Waals surface area contributed by atoms with E-state index >= 15 is 0 Å². The van der Waals surface area contributed by atoms with Crippen LogP contribution >= 0.6 is 0 Å². The second-order valence-corrected chi connectivity index (χ2v) is 10.2. The Kier molecular flexibility index (Phi) is 12.1. The van der Waals surface area contributed by atoms with Crippen LogP contribution in [0.4, 0.5) is 0 Å². The number of hydrogen-bond acceptors (Lipinski definition) is 17. The Bertz CT molecular complexity index is 784. The van der Waals surface area contributed by atoms with Crippen molar-refractivity contribution in [2.75, 3.05) is 13.2 Å². The van der Waals surface area contributed by atoms with Crippen molar-refractivity contribution in [1.29, 1.82) is 0 Å². The standard InChI is InChI=1S/C18H37N5O10.H2O4S/c19-2-6-11(26)12(27)9(23)17(30-6)32-15-4(20)1-5(21)16(14(15)29)33-18-13(28)8(22)10(25)7(3-24)31-18;1-5(2,3)4/h4-18,24-29H,1-3,19-23H2;(H2,1,2,3,4)/t4-,5+,6-,7-,8+,9-,10-,11-,12-,13-,14-,15+,16-,17-,18-;/m1./s1. The fraction of sp³-hybridized carbons (Fsp3) is 1.00. The topological polar surface area (TPSA) is 363 Å². The number of nitrogens with two attached hydrogens (primary N) is 5. The van der Waals surface area contributed by atoms with Gasteiger partial charge in [-0.05, 0) is 6.42 Å². The van der Waals surface area contributed by atoms with Gasteiger partial charge in [0.25, 0.3) is 0 Å². The monoisotopic (exact) mass is 581 g/mol. The van der Waals surface area contributed by atoms with Crippen molar-refractivity contribution < 1.29 is 67.1 Å². The van der Waals surface area contributed by atoms with E-state index in [-0.39, 0.29) is 13.0 Å². The van der Waals surface area contributed by atoms with Crippen LogP contribution in [0.3, 0.4) is 0 Å². The smallest absolute Gasteiger partial charge is 0.394 e. The first-order chi connectivity index (χ1) is 17.5. The third kappa shape index (κ3) is 8.15. The Labute approximate surface area is 217 Å². The van der Waals surface area contributed by atoms with Gasteiger partial charge in [0.1, 0.15) is 54.9 Å². The molecule has 18 N–H and O–H groups in total. The molecular formula is C18H39N5O14S. The summed E-state index contributed by atoms with van der Waals surface area (Å²) in [5, 5.41) is 60.9. The Morgan fingerprint density at radius 2 is 1.18 bits per heavy atom. The van der Waals surface area contributed by atoms with E-state index in [1.165, 1.54) is 0 Å². The summed E-state index contributed by atoms with van der Waals surface area (Å²) in [5.41, 5.74) is 29.6. The maximum absolute atomic E-state index is 11.0. The van der Waals surface area contributed by atoms with Crippen LogP contribution in [0.2, 0.25) is 0 Å². The predicted octanol–water partition coefficient (Wildman–Crippen LogP) is -7.98. The van der Waals surface area contributed by atoms with Gasteiger partial charge in [-0.25, -0.2) is 0 Å². The molecule has 0 unspecified atom stereocenters. The highest BCUT2D eigenvalue weighted by molar-refractivity contribution is 7.79. The first kappa shape index (κ1) is 33.5. The molecule has 0 spiro atoms. The molecule has 0 radical (unpaired) electrons. The van der Waals surface area contributed by atoms with Crippen molar-refractivity contribution in [3.05, 3.63) is 0 Å². The zero-order chi connectivity index (χ0) is 29.1. The second-order valence-electron chi connectivity index (χ2n) is 9.32. The largest absolute Gasteiger partial charge is 0.394 e. The Morgan fingerprint density at radius 3 is 1.66 bits per heavy atom. The van der Waals surface area contributed by atoms with Crippen molar-refractivity contribution in [3.63, 3.8) is 0 Å². The van der Waals surface area contributed by atoms with Gasteiger partial charge in [-0.15, -0.1) is 0 Å². The fourth-order valence-electron chi connectivity index (χ4n) is 4.45. The van der Waals surface area contributed by atoms with E-state index in [1.54, 1.807) is 0 Å². The molecule has 3 aliphatic rings. The van der Waals surface area contributed by atoms with E-state index in [1.807, 2.05) is 0 Å². The molecule has 3 rings (SSSR count). The lowest BCUT2D eigenvalue weighted by Gasteiger charge is -2.48. The Balaban J connectivity index is 0.000000926. The molecule has 2 aliphatic heterocycles. The number of aliphatic hydroxyl groups is 6. The van der Waals surface area contributed by atoms with Crippen molar-refractivity contribution in [1.82, 2.24) is 0 Å². The van der Waals surface area contributed by atoms with Gasteiger partial charge < -0.3 is 78.3 Å². The molecule has 0 aromatic heterocycles. The minimum absolute atomic E-state index is 0.115. The van der Waals surface area contributed by atoms with Gasteiger partial charge >= 0.3 is 10.4 Å². The molecule has 2 saturated heterocycles. The summed E-state index contributed by atoms with van der Waals surface area (Å²) in [4.78, 5) is 0. The SMILES string of the molecule is NC[C@H]1O[C@H](O[C@@H]2[C@@H](O)[C@H](O[C@H]3O[C@H](CO)[C@@H](O)[C@H](N)[C@H]3O)[C@@H](N)C[C@H]2N)[C@H](N)[C@@H](O)[C@@H]1O.O=S(=O)(O)O. The van der Waals surface area contributed by atoms with Crippen LogP contribution in [-0.2, 0) is 29.3 Å². The molecule has 38 heavy (non-hydrogen) atoms. The number of aliphatic hydroxyl groups excluding tert-OH is 6. The van der Waals surface area contributed by atoms with Crippen LogP contribution < -0.4 is 28.7 Å². The highest BCUT2D eigenvalue weighted by atomic mass is 32.3. The highest BCUT2D eigenvalue weighted by Crippen LogP contribution is 2.30. The third-order valence-electron chi connectivity index (χ3n) is 6.56. The van der Waals surface area contributed by atoms with Gasteiger partial charge in [-0.2, -0.15) is 8.42 Å². The Hall–Kier alpha value is -0.730. The van der Waals surface area contributed by atoms with Crippen LogP contribution in [-0.4, -0.2) is 153 Å².